The van der Waals surface area contributed by atoms with Crippen LogP contribution >= 0.6 is 0 Å². The molecule has 12 heavy (non-hydrogen) atoms. The zero-order valence-corrected chi connectivity index (χ0v) is 6.81. The van der Waals surface area contributed by atoms with Crippen molar-refractivity contribution >= 4 is 5.91 Å². The molecule has 1 unspecified atom stereocenters. The van der Waals surface area contributed by atoms with Crippen LogP contribution in [0.4, 0.5) is 8.78 Å². The van der Waals surface area contributed by atoms with E-state index in [4.69, 9.17) is 5.73 Å². The van der Waals surface area contributed by atoms with Crippen molar-refractivity contribution in [3.63, 3.8) is 0 Å². The number of hydrogen-bond acceptors (Lipinski definition) is 2. The molecule has 0 aliphatic carbocycles. The van der Waals surface area contributed by atoms with Gasteiger partial charge in [-0.3, -0.25) is 4.79 Å². The van der Waals surface area contributed by atoms with Gasteiger partial charge in [0.15, 0.2) is 0 Å². The molecule has 0 saturated carbocycles. The topological polar surface area (TPSA) is 55.1 Å². The first-order chi connectivity index (χ1) is 5.43. The van der Waals surface area contributed by atoms with Gasteiger partial charge < -0.3 is 11.1 Å². The lowest BCUT2D eigenvalue weighted by Crippen LogP contribution is -2.46. The lowest BCUT2D eigenvalue weighted by Gasteiger charge is -2.20. The van der Waals surface area contributed by atoms with Crippen molar-refractivity contribution in [2.24, 2.45) is 5.73 Å². The van der Waals surface area contributed by atoms with Gasteiger partial charge in [0.2, 0.25) is 5.91 Å². The summed E-state index contributed by atoms with van der Waals surface area (Å²) < 4.78 is 25.9. The monoisotopic (exact) mass is 178 g/mol. The van der Waals surface area contributed by atoms with E-state index in [0.717, 1.165) is 0 Å². The van der Waals surface area contributed by atoms with Gasteiger partial charge in [-0.15, -0.1) is 0 Å². The Morgan fingerprint density at radius 1 is 1.67 bits per heavy atom. The molecule has 0 radical (unpaired) electrons. The largest absolute Gasteiger partial charge is 0.346 e. The smallest absolute Gasteiger partial charge is 0.267 e. The number of alkyl halides is 2. The Labute approximate surface area is 69.3 Å². The highest BCUT2D eigenvalue weighted by Gasteiger charge is 2.41. The van der Waals surface area contributed by atoms with E-state index in [9.17, 15) is 13.6 Å². The van der Waals surface area contributed by atoms with E-state index in [0.29, 0.717) is 0 Å². The van der Waals surface area contributed by atoms with Crippen LogP contribution in [0.2, 0.25) is 0 Å². The SMILES string of the molecule is CC1NC(=O)[C@@H](N)CCC1(F)F. The van der Waals surface area contributed by atoms with E-state index < -0.39 is 23.9 Å². The van der Waals surface area contributed by atoms with E-state index >= 15 is 0 Å². The minimum atomic E-state index is -2.83. The summed E-state index contributed by atoms with van der Waals surface area (Å²) in [6, 6.07) is -1.90. The third-order valence-corrected chi connectivity index (χ3v) is 2.12. The molecule has 1 aliphatic heterocycles. The molecule has 0 spiro atoms. The van der Waals surface area contributed by atoms with Gasteiger partial charge in [0.05, 0.1) is 12.1 Å². The second-order valence-corrected chi connectivity index (χ2v) is 3.14. The Morgan fingerprint density at radius 2 is 2.25 bits per heavy atom. The summed E-state index contributed by atoms with van der Waals surface area (Å²) in [7, 11) is 0. The van der Waals surface area contributed by atoms with Crippen molar-refractivity contribution in [2.45, 2.75) is 37.8 Å². The molecule has 3 N–H and O–H groups in total. The van der Waals surface area contributed by atoms with E-state index in [1.807, 2.05) is 0 Å². The average Bonchev–Trinajstić information content (AvgIpc) is 2.05. The predicted octanol–water partition coefficient (Wildman–Crippen LogP) is 0.247. The molecule has 0 aromatic heterocycles. The molecule has 0 bridgehead atoms. The van der Waals surface area contributed by atoms with E-state index in [1.54, 1.807) is 0 Å². The number of carbonyl (C=O) groups excluding carboxylic acids is 1. The van der Waals surface area contributed by atoms with Crippen LogP contribution in [0.1, 0.15) is 19.8 Å². The van der Waals surface area contributed by atoms with Gasteiger partial charge in [-0.25, -0.2) is 8.78 Å². The maximum Gasteiger partial charge on any atom is 0.267 e. The molecule has 0 aromatic rings. The molecular formula is C7H12F2N2O. The van der Waals surface area contributed by atoms with Crippen molar-refractivity contribution in [3.8, 4) is 0 Å². The van der Waals surface area contributed by atoms with Crippen LogP contribution < -0.4 is 11.1 Å². The minimum Gasteiger partial charge on any atom is -0.346 e. The van der Waals surface area contributed by atoms with Crippen molar-refractivity contribution in [1.29, 1.82) is 0 Å². The Morgan fingerprint density at radius 3 is 2.83 bits per heavy atom. The molecule has 2 atom stereocenters. The van der Waals surface area contributed by atoms with Crippen LogP contribution in [-0.2, 0) is 4.79 Å². The number of hydrogen-bond donors (Lipinski definition) is 2. The third kappa shape index (κ3) is 1.72. The van der Waals surface area contributed by atoms with Gasteiger partial charge in [-0.05, 0) is 13.3 Å². The molecule has 1 aliphatic rings. The second kappa shape index (κ2) is 2.97. The first kappa shape index (κ1) is 9.38. The Kier molecular flexibility index (Phi) is 2.32. The van der Waals surface area contributed by atoms with Gasteiger partial charge in [0.25, 0.3) is 5.92 Å². The Balaban J connectivity index is 2.73. The highest BCUT2D eigenvalue weighted by molar-refractivity contribution is 5.82. The molecule has 1 amide bonds. The quantitative estimate of drug-likeness (QED) is 0.558. The van der Waals surface area contributed by atoms with Gasteiger partial charge in [-0.1, -0.05) is 0 Å². The zero-order valence-electron chi connectivity index (χ0n) is 6.81. The summed E-state index contributed by atoms with van der Waals surface area (Å²) in [4.78, 5) is 10.9. The predicted molar refractivity (Wildman–Crippen MR) is 39.8 cm³/mol. The summed E-state index contributed by atoms with van der Waals surface area (Å²) in [6.07, 6.45) is -0.281. The van der Waals surface area contributed by atoms with Crippen LogP contribution in [0.15, 0.2) is 0 Å². The number of nitrogens with two attached hydrogens (primary N) is 1. The van der Waals surface area contributed by atoms with E-state index in [2.05, 4.69) is 5.32 Å². The molecule has 70 valence electrons. The van der Waals surface area contributed by atoms with E-state index in [-0.39, 0.29) is 12.8 Å². The zero-order chi connectivity index (χ0) is 9.35. The van der Waals surface area contributed by atoms with Crippen LogP contribution in [0, 0.1) is 0 Å². The number of rotatable bonds is 0. The molecule has 1 rings (SSSR count). The van der Waals surface area contributed by atoms with E-state index in [1.165, 1.54) is 6.92 Å². The molecule has 3 nitrogen and oxygen atoms in total. The van der Waals surface area contributed by atoms with Crippen LogP contribution in [-0.4, -0.2) is 23.9 Å². The van der Waals surface area contributed by atoms with Crippen molar-refractivity contribution < 1.29 is 13.6 Å². The number of amides is 1. The van der Waals surface area contributed by atoms with Crippen LogP contribution in [0.5, 0.6) is 0 Å². The highest BCUT2D eigenvalue weighted by Crippen LogP contribution is 2.27. The van der Waals surface area contributed by atoms with Crippen LogP contribution in [0.25, 0.3) is 0 Å². The molecule has 5 heteroatoms. The molecular weight excluding hydrogens is 166 g/mol. The summed E-state index contributed by atoms with van der Waals surface area (Å²) in [6.45, 7) is 1.29. The van der Waals surface area contributed by atoms with Crippen LogP contribution in [0.3, 0.4) is 0 Å². The molecule has 1 fully saturated rings. The lowest BCUT2D eigenvalue weighted by molar-refractivity contribution is -0.124. The van der Waals surface area contributed by atoms with Gasteiger partial charge in [0, 0.05) is 6.42 Å². The highest BCUT2D eigenvalue weighted by atomic mass is 19.3. The maximum absolute atomic E-state index is 12.9. The summed E-state index contributed by atoms with van der Waals surface area (Å²) in [5.41, 5.74) is 5.32. The van der Waals surface area contributed by atoms with Crippen molar-refractivity contribution in [2.75, 3.05) is 0 Å². The number of carbonyl (C=O) groups is 1. The molecule has 0 aromatic carbocycles. The Hall–Kier alpha value is -0.710. The van der Waals surface area contributed by atoms with Gasteiger partial charge in [-0.2, -0.15) is 0 Å². The van der Waals surface area contributed by atoms with Gasteiger partial charge in [0.1, 0.15) is 0 Å². The summed E-state index contributed by atoms with van der Waals surface area (Å²) in [5.74, 6) is -3.32. The van der Waals surface area contributed by atoms with Gasteiger partial charge >= 0.3 is 0 Å². The third-order valence-electron chi connectivity index (χ3n) is 2.12. The first-order valence-electron chi connectivity index (χ1n) is 3.87. The second-order valence-electron chi connectivity index (χ2n) is 3.14. The fraction of sp³-hybridized carbons (Fsp3) is 0.857. The standard InChI is InChI=1S/C7H12F2N2O/c1-4-7(8,9)3-2-5(10)6(12)11-4/h4-5H,2-3,10H2,1H3,(H,11,12)/t4?,5-/m0/s1. The molecule has 1 heterocycles. The summed E-state index contributed by atoms with van der Waals surface area (Å²) >= 11 is 0. The lowest BCUT2D eigenvalue weighted by atomic mass is 10.1. The maximum atomic E-state index is 12.9. The average molecular weight is 178 g/mol. The van der Waals surface area contributed by atoms with Crippen molar-refractivity contribution in [1.82, 2.24) is 5.32 Å². The summed E-state index contributed by atoms with van der Waals surface area (Å²) in [5, 5.41) is 2.17. The van der Waals surface area contributed by atoms with Crippen molar-refractivity contribution in [3.05, 3.63) is 0 Å². The molecule has 1 saturated heterocycles. The Bertz CT molecular complexity index is 196. The fourth-order valence-electron chi connectivity index (χ4n) is 1.12. The fourth-order valence-corrected chi connectivity index (χ4v) is 1.12. The number of halogens is 2. The minimum absolute atomic E-state index is 0.0448. The number of nitrogens with one attached hydrogen (secondary N) is 1. The first-order valence-corrected chi connectivity index (χ1v) is 3.87. The normalized spacial score (nSPS) is 35.5.